The maximum Gasteiger partial charge on any atom is 0.303 e. The van der Waals surface area contributed by atoms with E-state index in [0.717, 1.165) is 31.3 Å². The number of esters is 3. The topological polar surface area (TPSA) is 78.9 Å². The van der Waals surface area contributed by atoms with Crippen LogP contribution < -0.4 is 0 Å². The molecule has 2 fully saturated rings. The Morgan fingerprint density at radius 1 is 1.00 bits per heavy atom. The fourth-order valence-electron chi connectivity index (χ4n) is 9.29. The first-order valence-corrected chi connectivity index (χ1v) is 15.1. The summed E-state index contributed by atoms with van der Waals surface area (Å²) in [5.41, 5.74) is 0.746. The van der Waals surface area contributed by atoms with Crippen molar-refractivity contribution in [3.05, 3.63) is 23.8 Å². The molecule has 0 aromatic heterocycles. The summed E-state index contributed by atoms with van der Waals surface area (Å²) in [5.74, 6) is 1.97. The van der Waals surface area contributed by atoms with E-state index in [-0.39, 0.29) is 35.5 Å². The lowest BCUT2D eigenvalue weighted by Gasteiger charge is -2.58. The summed E-state index contributed by atoms with van der Waals surface area (Å²) < 4.78 is 17.1. The minimum atomic E-state index is -0.410. The fraction of sp³-hybridized carbons (Fsp3) is 0.788. The van der Waals surface area contributed by atoms with Gasteiger partial charge >= 0.3 is 17.9 Å². The molecule has 6 nitrogen and oxygen atoms in total. The van der Waals surface area contributed by atoms with Crippen molar-refractivity contribution < 1.29 is 28.6 Å². The first-order chi connectivity index (χ1) is 18.2. The van der Waals surface area contributed by atoms with Gasteiger partial charge in [-0.3, -0.25) is 14.4 Å². The van der Waals surface area contributed by atoms with Crippen LogP contribution in [0.5, 0.6) is 0 Å². The molecule has 0 amide bonds. The largest absolute Gasteiger partial charge is 0.461 e. The van der Waals surface area contributed by atoms with Crippen LogP contribution >= 0.6 is 0 Å². The number of rotatable bonds is 8. The second-order valence-electron chi connectivity index (χ2n) is 14.0. The fourth-order valence-corrected chi connectivity index (χ4v) is 9.29. The van der Waals surface area contributed by atoms with E-state index in [2.05, 4.69) is 39.0 Å². The molecule has 0 aromatic carbocycles. The third-order valence-electron chi connectivity index (χ3n) is 10.9. The maximum atomic E-state index is 12.2. The standard InChI is InChI=1S/C33H50O6/c1-20(10-9-16-31(5,6)39-23(4)36)27-13-14-28-26-12-11-24-18-25(37-21(2)34)19-30(38-22(3)35)33(24,8)29(26)15-17-32(27,28)7/h11-12,18,20,25-30H,9-10,13-17,19H2,1-8H3/t20-,25-,26+,27-,28+,29+,30+,32-,33+/m1/s1. The lowest BCUT2D eigenvalue weighted by atomic mass is 9.47. The van der Waals surface area contributed by atoms with E-state index in [4.69, 9.17) is 14.2 Å². The number of fused-ring (bicyclic) bond motifs is 5. The lowest BCUT2D eigenvalue weighted by molar-refractivity contribution is -0.164. The van der Waals surface area contributed by atoms with Gasteiger partial charge in [0.2, 0.25) is 0 Å². The van der Waals surface area contributed by atoms with E-state index >= 15 is 0 Å². The van der Waals surface area contributed by atoms with Crippen LogP contribution in [0, 0.1) is 40.4 Å². The molecule has 0 spiro atoms. The van der Waals surface area contributed by atoms with Crippen molar-refractivity contribution in [1.29, 1.82) is 0 Å². The minimum absolute atomic E-state index is 0.209. The van der Waals surface area contributed by atoms with E-state index in [1.807, 2.05) is 13.8 Å². The smallest absolute Gasteiger partial charge is 0.303 e. The van der Waals surface area contributed by atoms with Crippen molar-refractivity contribution >= 4 is 17.9 Å². The van der Waals surface area contributed by atoms with Crippen LogP contribution in [0.4, 0.5) is 0 Å². The molecule has 39 heavy (non-hydrogen) atoms. The van der Waals surface area contributed by atoms with Gasteiger partial charge in [0.1, 0.15) is 17.8 Å². The molecule has 4 aliphatic rings. The third kappa shape index (κ3) is 5.86. The van der Waals surface area contributed by atoms with Crippen molar-refractivity contribution in [2.75, 3.05) is 0 Å². The first kappa shape index (κ1) is 29.9. The Bertz CT molecular complexity index is 1030. The summed E-state index contributed by atoms with van der Waals surface area (Å²) in [6, 6.07) is 0. The van der Waals surface area contributed by atoms with Crippen LogP contribution in [0.25, 0.3) is 0 Å². The van der Waals surface area contributed by atoms with E-state index in [9.17, 15) is 14.4 Å². The summed E-state index contributed by atoms with van der Waals surface area (Å²) in [4.78, 5) is 35.3. The summed E-state index contributed by atoms with van der Waals surface area (Å²) in [6.45, 7) is 15.7. The molecular formula is C33H50O6. The molecule has 9 atom stereocenters. The molecule has 6 heteroatoms. The number of hydrogen-bond donors (Lipinski definition) is 0. The van der Waals surface area contributed by atoms with Crippen molar-refractivity contribution in [2.24, 2.45) is 40.4 Å². The molecule has 2 saturated carbocycles. The molecule has 0 saturated heterocycles. The Labute approximate surface area is 235 Å². The molecule has 0 bridgehead atoms. The average Bonchev–Trinajstić information content (AvgIpc) is 3.15. The summed E-state index contributed by atoms with van der Waals surface area (Å²) in [6.07, 6.45) is 14.5. The number of hydrogen-bond acceptors (Lipinski definition) is 6. The number of allylic oxidation sites excluding steroid dienone is 2. The van der Waals surface area contributed by atoms with E-state index < -0.39 is 5.60 Å². The van der Waals surface area contributed by atoms with Gasteiger partial charge < -0.3 is 14.2 Å². The van der Waals surface area contributed by atoms with Gasteiger partial charge in [-0.25, -0.2) is 0 Å². The highest BCUT2D eigenvalue weighted by atomic mass is 16.6. The molecular weight excluding hydrogens is 492 g/mol. The zero-order chi connectivity index (χ0) is 28.8. The van der Waals surface area contributed by atoms with Gasteiger partial charge in [-0.15, -0.1) is 0 Å². The predicted molar refractivity (Wildman–Crippen MR) is 150 cm³/mol. The lowest BCUT2D eigenvalue weighted by Crippen LogP contribution is -2.55. The van der Waals surface area contributed by atoms with Gasteiger partial charge in [-0.2, -0.15) is 0 Å². The SMILES string of the molecule is CC(=O)O[C@@H]1C=C2C=C[C@H]3[C@@H]4CC[C@H]([C@H](C)CCCC(C)(C)OC(C)=O)[C@@]4(C)CC[C@@H]3[C@@]2(C)[C@@H](OC(C)=O)C1. The normalized spacial score (nSPS) is 38.0. The highest BCUT2D eigenvalue weighted by Crippen LogP contribution is 2.66. The minimum Gasteiger partial charge on any atom is -0.461 e. The Kier molecular flexibility index (Phi) is 8.46. The highest BCUT2D eigenvalue weighted by molar-refractivity contribution is 5.67. The van der Waals surface area contributed by atoms with Crippen LogP contribution in [0.1, 0.15) is 107 Å². The molecule has 0 aliphatic heterocycles. The van der Waals surface area contributed by atoms with Crippen LogP contribution in [-0.2, 0) is 28.6 Å². The highest BCUT2D eigenvalue weighted by Gasteiger charge is 2.61. The Balaban J connectivity index is 1.52. The van der Waals surface area contributed by atoms with E-state index in [1.54, 1.807) is 0 Å². The maximum absolute atomic E-state index is 12.2. The van der Waals surface area contributed by atoms with Gasteiger partial charge in [0.15, 0.2) is 0 Å². The van der Waals surface area contributed by atoms with Crippen molar-refractivity contribution in [1.82, 2.24) is 0 Å². The summed E-state index contributed by atoms with van der Waals surface area (Å²) in [5, 5.41) is 0. The molecule has 4 rings (SSSR count). The second kappa shape index (κ2) is 11.0. The average molecular weight is 543 g/mol. The summed E-state index contributed by atoms with van der Waals surface area (Å²) >= 11 is 0. The van der Waals surface area contributed by atoms with Crippen LogP contribution in [0.15, 0.2) is 23.8 Å². The molecule has 0 N–H and O–H groups in total. The van der Waals surface area contributed by atoms with Crippen LogP contribution in [0.2, 0.25) is 0 Å². The number of carbonyl (C=O) groups is 3. The van der Waals surface area contributed by atoms with Crippen LogP contribution in [0.3, 0.4) is 0 Å². The Morgan fingerprint density at radius 2 is 1.69 bits per heavy atom. The van der Waals surface area contributed by atoms with E-state index in [0.29, 0.717) is 41.4 Å². The van der Waals surface area contributed by atoms with Crippen molar-refractivity contribution in [2.45, 2.75) is 125 Å². The molecule has 218 valence electrons. The van der Waals surface area contributed by atoms with Crippen molar-refractivity contribution in [3.8, 4) is 0 Å². The molecule has 0 heterocycles. The quantitative estimate of drug-likeness (QED) is 0.244. The molecule has 0 unspecified atom stereocenters. The monoisotopic (exact) mass is 542 g/mol. The van der Waals surface area contributed by atoms with Gasteiger partial charge in [0.25, 0.3) is 0 Å². The van der Waals surface area contributed by atoms with Gasteiger partial charge in [0.05, 0.1) is 0 Å². The number of carbonyl (C=O) groups excluding carboxylic acids is 3. The summed E-state index contributed by atoms with van der Waals surface area (Å²) in [7, 11) is 0. The zero-order valence-electron chi connectivity index (χ0n) is 25.4. The predicted octanol–water partition coefficient (Wildman–Crippen LogP) is 6.96. The van der Waals surface area contributed by atoms with Gasteiger partial charge in [-0.1, -0.05) is 39.3 Å². The van der Waals surface area contributed by atoms with Gasteiger partial charge in [-0.05, 0) is 99.0 Å². The molecule has 0 aromatic rings. The zero-order valence-corrected chi connectivity index (χ0v) is 25.4. The van der Waals surface area contributed by atoms with Crippen molar-refractivity contribution in [3.63, 3.8) is 0 Å². The first-order valence-electron chi connectivity index (χ1n) is 15.1. The third-order valence-corrected chi connectivity index (χ3v) is 10.9. The molecule has 0 radical (unpaired) electrons. The Morgan fingerprint density at radius 3 is 2.33 bits per heavy atom. The van der Waals surface area contributed by atoms with Crippen LogP contribution in [-0.4, -0.2) is 35.7 Å². The number of ether oxygens (including phenoxy) is 3. The van der Waals surface area contributed by atoms with E-state index in [1.165, 1.54) is 40.0 Å². The molecule has 4 aliphatic carbocycles. The van der Waals surface area contributed by atoms with Gasteiger partial charge in [0, 0.05) is 32.6 Å². The second-order valence-corrected chi connectivity index (χ2v) is 14.0. The Hall–Kier alpha value is -2.11.